The van der Waals surface area contributed by atoms with Crippen LogP contribution >= 0.6 is 0 Å². The molecule has 5 heteroatoms. The SMILES string of the molecule is COc1ccc(Oc2ccc(-c3nc(-c4ccccc4C#N)co3)cc2)cc1. The molecule has 1 heterocycles. The third kappa shape index (κ3) is 3.57. The molecule has 5 nitrogen and oxygen atoms in total. The number of rotatable bonds is 5. The van der Waals surface area contributed by atoms with Gasteiger partial charge in [-0.25, -0.2) is 4.98 Å². The molecule has 28 heavy (non-hydrogen) atoms. The highest BCUT2D eigenvalue weighted by atomic mass is 16.5. The Morgan fingerprint density at radius 3 is 2.18 bits per heavy atom. The lowest BCUT2D eigenvalue weighted by Crippen LogP contribution is -1.86. The summed E-state index contributed by atoms with van der Waals surface area (Å²) in [4.78, 5) is 4.52. The predicted octanol–water partition coefficient (Wildman–Crippen LogP) is 5.68. The van der Waals surface area contributed by atoms with E-state index in [1.807, 2.05) is 66.7 Å². The van der Waals surface area contributed by atoms with Gasteiger partial charge >= 0.3 is 0 Å². The van der Waals surface area contributed by atoms with Crippen LogP contribution in [0.2, 0.25) is 0 Å². The minimum atomic E-state index is 0.485. The maximum atomic E-state index is 9.26. The second kappa shape index (κ2) is 7.68. The summed E-state index contributed by atoms with van der Waals surface area (Å²) in [5, 5.41) is 9.26. The van der Waals surface area contributed by atoms with Crippen LogP contribution in [0.5, 0.6) is 17.2 Å². The minimum absolute atomic E-state index is 0.485. The summed E-state index contributed by atoms with van der Waals surface area (Å²) in [6, 6.07) is 24.3. The first-order chi connectivity index (χ1) is 13.8. The molecule has 0 bridgehead atoms. The van der Waals surface area contributed by atoms with Gasteiger partial charge in [0.25, 0.3) is 0 Å². The standard InChI is InChI=1S/C23H16N2O3/c1-26-18-10-12-20(13-11-18)28-19-8-6-16(7-9-19)23-25-22(15-27-23)21-5-3-2-4-17(21)14-24/h2-13,15H,1H3. The first kappa shape index (κ1) is 17.4. The number of methoxy groups -OCH3 is 1. The van der Waals surface area contributed by atoms with E-state index in [4.69, 9.17) is 13.9 Å². The highest BCUT2D eigenvalue weighted by Crippen LogP contribution is 2.29. The van der Waals surface area contributed by atoms with E-state index in [-0.39, 0.29) is 0 Å². The Bertz CT molecular complexity index is 1120. The van der Waals surface area contributed by atoms with Gasteiger partial charge in [-0.2, -0.15) is 5.26 Å². The van der Waals surface area contributed by atoms with Crippen LogP contribution in [0.4, 0.5) is 0 Å². The van der Waals surface area contributed by atoms with Gasteiger partial charge in [0.15, 0.2) is 0 Å². The number of benzene rings is 3. The first-order valence-electron chi connectivity index (χ1n) is 8.64. The van der Waals surface area contributed by atoms with Crippen LogP contribution in [0, 0.1) is 11.3 Å². The molecule has 0 aliphatic rings. The third-order valence-corrected chi connectivity index (χ3v) is 4.22. The van der Waals surface area contributed by atoms with Gasteiger partial charge in [0.2, 0.25) is 5.89 Å². The molecule has 0 N–H and O–H groups in total. The summed E-state index contributed by atoms with van der Waals surface area (Å²) < 4.78 is 16.6. The zero-order chi connectivity index (χ0) is 19.3. The van der Waals surface area contributed by atoms with Crippen molar-refractivity contribution in [1.82, 2.24) is 4.98 Å². The van der Waals surface area contributed by atoms with Crippen LogP contribution in [0.3, 0.4) is 0 Å². The van der Waals surface area contributed by atoms with Gasteiger partial charge < -0.3 is 13.9 Å². The lowest BCUT2D eigenvalue weighted by Gasteiger charge is -2.07. The fraction of sp³-hybridized carbons (Fsp3) is 0.0435. The summed E-state index contributed by atoms with van der Waals surface area (Å²) in [5.74, 6) is 2.69. The van der Waals surface area contributed by atoms with E-state index >= 15 is 0 Å². The number of nitriles is 1. The highest BCUT2D eigenvalue weighted by Gasteiger charge is 2.11. The molecule has 0 amide bonds. The van der Waals surface area contributed by atoms with E-state index < -0.39 is 0 Å². The summed E-state index contributed by atoms with van der Waals surface area (Å²) in [7, 11) is 1.63. The summed E-state index contributed by atoms with van der Waals surface area (Å²) in [5.41, 5.74) is 2.76. The van der Waals surface area contributed by atoms with Crippen LogP contribution in [0.1, 0.15) is 5.56 Å². The Morgan fingerprint density at radius 1 is 0.857 bits per heavy atom. The lowest BCUT2D eigenvalue weighted by atomic mass is 10.1. The normalized spacial score (nSPS) is 10.3. The highest BCUT2D eigenvalue weighted by molar-refractivity contribution is 5.68. The lowest BCUT2D eigenvalue weighted by molar-refractivity contribution is 0.413. The van der Waals surface area contributed by atoms with E-state index in [1.165, 1.54) is 0 Å². The van der Waals surface area contributed by atoms with Crippen LogP contribution < -0.4 is 9.47 Å². The fourth-order valence-corrected chi connectivity index (χ4v) is 2.78. The zero-order valence-electron chi connectivity index (χ0n) is 15.1. The molecule has 4 rings (SSSR count). The summed E-state index contributed by atoms with van der Waals surface area (Å²) in [6.45, 7) is 0. The van der Waals surface area contributed by atoms with Crippen molar-refractivity contribution in [2.24, 2.45) is 0 Å². The topological polar surface area (TPSA) is 68.3 Å². The number of aromatic nitrogens is 1. The van der Waals surface area contributed by atoms with Crippen molar-refractivity contribution >= 4 is 0 Å². The van der Waals surface area contributed by atoms with Crippen LogP contribution in [-0.2, 0) is 0 Å². The minimum Gasteiger partial charge on any atom is -0.497 e. The number of hydrogen-bond acceptors (Lipinski definition) is 5. The molecule has 136 valence electrons. The summed E-state index contributed by atoms with van der Waals surface area (Å²) in [6.07, 6.45) is 1.56. The maximum absolute atomic E-state index is 9.26. The van der Waals surface area contributed by atoms with Crippen molar-refractivity contribution in [3.05, 3.63) is 84.6 Å². The van der Waals surface area contributed by atoms with Gasteiger partial charge in [-0.1, -0.05) is 18.2 Å². The van der Waals surface area contributed by atoms with Crippen molar-refractivity contribution in [1.29, 1.82) is 5.26 Å². The number of nitrogens with zero attached hydrogens (tertiary/aromatic N) is 2. The first-order valence-corrected chi connectivity index (χ1v) is 8.64. The Morgan fingerprint density at radius 2 is 1.50 bits per heavy atom. The van der Waals surface area contributed by atoms with Gasteiger partial charge in [0.1, 0.15) is 29.2 Å². The molecular weight excluding hydrogens is 352 g/mol. The summed E-state index contributed by atoms with van der Waals surface area (Å²) >= 11 is 0. The van der Waals surface area contributed by atoms with E-state index in [0.29, 0.717) is 22.9 Å². The molecule has 0 radical (unpaired) electrons. The molecular formula is C23H16N2O3. The third-order valence-electron chi connectivity index (χ3n) is 4.22. The van der Waals surface area contributed by atoms with Crippen LogP contribution in [-0.4, -0.2) is 12.1 Å². The van der Waals surface area contributed by atoms with E-state index in [9.17, 15) is 5.26 Å². The molecule has 0 spiro atoms. The molecule has 0 unspecified atom stereocenters. The molecule has 0 aliphatic heterocycles. The van der Waals surface area contributed by atoms with Gasteiger partial charge in [0.05, 0.1) is 18.7 Å². The Kier molecular flexibility index (Phi) is 4.77. The van der Waals surface area contributed by atoms with Crippen molar-refractivity contribution in [2.75, 3.05) is 7.11 Å². The van der Waals surface area contributed by atoms with Gasteiger partial charge in [-0.15, -0.1) is 0 Å². The zero-order valence-corrected chi connectivity index (χ0v) is 15.1. The average Bonchev–Trinajstić information content (AvgIpc) is 3.25. The Hall–Kier alpha value is -4.04. The molecule has 0 atom stereocenters. The van der Waals surface area contributed by atoms with E-state index in [2.05, 4.69) is 11.1 Å². The Balaban J connectivity index is 1.53. The average molecular weight is 368 g/mol. The Labute approximate surface area is 162 Å². The molecule has 4 aromatic rings. The largest absolute Gasteiger partial charge is 0.497 e. The quantitative estimate of drug-likeness (QED) is 0.453. The van der Waals surface area contributed by atoms with Gasteiger partial charge in [-0.3, -0.25) is 0 Å². The second-order valence-corrected chi connectivity index (χ2v) is 6.00. The fourth-order valence-electron chi connectivity index (χ4n) is 2.78. The van der Waals surface area contributed by atoms with Crippen molar-refractivity contribution in [3.8, 4) is 46.0 Å². The van der Waals surface area contributed by atoms with E-state index in [0.717, 1.165) is 22.6 Å². The molecule has 0 aliphatic carbocycles. The van der Waals surface area contributed by atoms with Crippen LogP contribution in [0.15, 0.2) is 83.5 Å². The van der Waals surface area contributed by atoms with Gasteiger partial charge in [0, 0.05) is 11.1 Å². The molecule has 0 saturated heterocycles. The molecule has 0 saturated carbocycles. The van der Waals surface area contributed by atoms with Crippen LogP contribution in [0.25, 0.3) is 22.7 Å². The molecule has 1 aromatic heterocycles. The van der Waals surface area contributed by atoms with Crippen molar-refractivity contribution in [3.63, 3.8) is 0 Å². The van der Waals surface area contributed by atoms with Gasteiger partial charge in [-0.05, 0) is 54.6 Å². The smallest absolute Gasteiger partial charge is 0.226 e. The van der Waals surface area contributed by atoms with Crippen molar-refractivity contribution < 1.29 is 13.9 Å². The monoisotopic (exact) mass is 368 g/mol. The predicted molar refractivity (Wildman–Crippen MR) is 105 cm³/mol. The number of oxazole rings is 1. The molecule has 0 fully saturated rings. The van der Waals surface area contributed by atoms with Crippen molar-refractivity contribution in [2.45, 2.75) is 0 Å². The molecule has 3 aromatic carbocycles. The number of ether oxygens (including phenoxy) is 2. The number of hydrogen-bond donors (Lipinski definition) is 0. The second-order valence-electron chi connectivity index (χ2n) is 6.00. The maximum Gasteiger partial charge on any atom is 0.226 e. The van der Waals surface area contributed by atoms with E-state index in [1.54, 1.807) is 19.4 Å².